The Morgan fingerprint density at radius 2 is 1.96 bits per heavy atom. The van der Waals surface area contributed by atoms with Crippen molar-refractivity contribution in [1.29, 1.82) is 0 Å². The lowest BCUT2D eigenvalue weighted by Crippen LogP contribution is -2.51. The van der Waals surface area contributed by atoms with Crippen molar-refractivity contribution >= 4 is 11.8 Å². The summed E-state index contributed by atoms with van der Waals surface area (Å²) < 4.78 is 7.11. The first-order chi connectivity index (χ1) is 11.1. The molecule has 3 unspecified atom stereocenters. The molecule has 0 radical (unpaired) electrons. The number of morpholine rings is 1. The third-order valence-electron chi connectivity index (χ3n) is 5.14. The molecule has 2 aliphatic heterocycles. The maximum Gasteiger partial charge on any atom is 0.249 e. The summed E-state index contributed by atoms with van der Waals surface area (Å²) in [7, 11) is 0. The van der Waals surface area contributed by atoms with Gasteiger partial charge >= 0.3 is 0 Å². The van der Waals surface area contributed by atoms with Crippen LogP contribution in [0.1, 0.15) is 25.1 Å². The van der Waals surface area contributed by atoms with E-state index in [1.54, 1.807) is 10.9 Å². The number of carbonyl (C=O) groups excluding carboxylic acids is 2. The Kier molecular flexibility index (Phi) is 3.60. The zero-order chi connectivity index (χ0) is 16.0. The summed E-state index contributed by atoms with van der Waals surface area (Å²) in [6, 6.07) is 1.49. The fourth-order valence-electron chi connectivity index (χ4n) is 3.54. The van der Waals surface area contributed by atoms with Gasteiger partial charge in [-0.15, -0.1) is 0 Å². The second-order valence-electron chi connectivity index (χ2n) is 6.76. The van der Waals surface area contributed by atoms with Gasteiger partial charge in [0.25, 0.3) is 0 Å². The normalized spacial score (nSPS) is 30.0. The Bertz CT molecular complexity index is 623. The van der Waals surface area contributed by atoms with Crippen LogP contribution in [0.3, 0.4) is 0 Å². The van der Waals surface area contributed by atoms with Crippen LogP contribution in [-0.4, -0.2) is 64.2 Å². The van der Waals surface area contributed by atoms with Gasteiger partial charge in [-0.1, -0.05) is 6.92 Å². The number of rotatable bonds is 2. The van der Waals surface area contributed by atoms with E-state index in [1.807, 2.05) is 15.9 Å². The van der Waals surface area contributed by atoms with E-state index in [9.17, 15) is 9.59 Å². The molecule has 2 fully saturated rings. The number of nitrogens with zero attached hydrogens (tertiary/aromatic N) is 4. The molecule has 7 nitrogen and oxygen atoms in total. The van der Waals surface area contributed by atoms with E-state index < -0.39 is 6.04 Å². The van der Waals surface area contributed by atoms with Gasteiger partial charge in [0.2, 0.25) is 11.8 Å². The van der Waals surface area contributed by atoms with Gasteiger partial charge < -0.3 is 14.5 Å². The Morgan fingerprint density at radius 1 is 1.22 bits per heavy atom. The molecule has 0 bridgehead atoms. The van der Waals surface area contributed by atoms with Crippen LogP contribution in [0.15, 0.2) is 12.3 Å². The van der Waals surface area contributed by atoms with E-state index in [0.29, 0.717) is 45.3 Å². The molecule has 0 N–H and O–H groups in total. The van der Waals surface area contributed by atoms with Crippen LogP contribution < -0.4 is 0 Å². The zero-order valence-electron chi connectivity index (χ0n) is 13.4. The Morgan fingerprint density at radius 3 is 2.65 bits per heavy atom. The van der Waals surface area contributed by atoms with Gasteiger partial charge in [0.05, 0.1) is 32.0 Å². The third kappa shape index (κ3) is 2.63. The van der Waals surface area contributed by atoms with Gasteiger partial charge in [0, 0.05) is 25.2 Å². The summed E-state index contributed by atoms with van der Waals surface area (Å²) in [5.41, 5.74) is 0.935. The minimum absolute atomic E-state index is 0.0413. The molecule has 0 spiro atoms. The van der Waals surface area contributed by atoms with Crippen molar-refractivity contribution < 1.29 is 14.3 Å². The molecule has 3 atom stereocenters. The fraction of sp³-hybridized carbons (Fsp3) is 0.688. The van der Waals surface area contributed by atoms with Crippen molar-refractivity contribution in [3.05, 3.63) is 18.0 Å². The molecule has 1 saturated carbocycles. The van der Waals surface area contributed by atoms with Gasteiger partial charge in [0.1, 0.15) is 6.04 Å². The van der Waals surface area contributed by atoms with Gasteiger partial charge in [0.15, 0.2) is 0 Å². The molecule has 3 heterocycles. The minimum atomic E-state index is -0.412. The van der Waals surface area contributed by atoms with Crippen LogP contribution in [-0.2, 0) is 20.9 Å². The van der Waals surface area contributed by atoms with Crippen LogP contribution >= 0.6 is 0 Å². The number of hydrogen-bond acceptors (Lipinski definition) is 4. The highest BCUT2D eigenvalue weighted by Gasteiger charge is 2.44. The highest BCUT2D eigenvalue weighted by Crippen LogP contribution is 2.40. The molecule has 1 aliphatic carbocycles. The van der Waals surface area contributed by atoms with Crippen molar-refractivity contribution in [1.82, 2.24) is 19.6 Å². The number of hydrogen-bond donors (Lipinski definition) is 0. The molecule has 1 aromatic rings. The first kappa shape index (κ1) is 14.7. The Balaban J connectivity index is 1.55. The molecule has 124 valence electrons. The summed E-state index contributed by atoms with van der Waals surface area (Å²) in [5.74, 6) is 0.843. The summed E-state index contributed by atoms with van der Waals surface area (Å²) in [5, 5.41) is 4.32. The molecule has 3 aliphatic rings. The second kappa shape index (κ2) is 5.63. The summed E-state index contributed by atoms with van der Waals surface area (Å²) >= 11 is 0. The first-order valence-electron chi connectivity index (χ1n) is 8.33. The van der Waals surface area contributed by atoms with Gasteiger partial charge in [-0.05, 0) is 18.4 Å². The van der Waals surface area contributed by atoms with Gasteiger partial charge in [-0.25, -0.2) is 0 Å². The van der Waals surface area contributed by atoms with Crippen LogP contribution in [0.2, 0.25) is 0 Å². The average molecular weight is 318 g/mol. The number of carbonyl (C=O) groups is 2. The van der Waals surface area contributed by atoms with Crippen molar-refractivity contribution in [2.75, 3.05) is 32.8 Å². The zero-order valence-corrected chi connectivity index (χ0v) is 13.4. The van der Waals surface area contributed by atoms with E-state index in [4.69, 9.17) is 4.74 Å². The summed E-state index contributed by atoms with van der Waals surface area (Å²) in [6.45, 7) is 5.45. The standard InChI is InChI=1S/C16H22N4O3/c1-11-8-13(11)15(21)19-9-12-2-3-17-20(12)14(10-19)16(22)18-4-6-23-7-5-18/h2-3,11,13-14H,4-10H2,1H3. The van der Waals surface area contributed by atoms with E-state index in [2.05, 4.69) is 12.0 Å². The van der Waals surface area contributed by atoms with Crippen LogP contribution in [0.25, 0.3) is 0 Å². The molecule has 23 heavy (non-hydrogen) atoms. The minimum Gasteiger partial charge on any atom is -0.378 e. The SMILES string of the molecule is CC1CC1C(=O)N1Cc2ccnn2C(C(=O)N2CCOCC2)C1. The number of aromatic nitrogens is 2. The van der Waals surface area contributed by atoms with Crippen LogP contribution in [0.4, 0.5) is 0 Å². The highest BCUT2D eigenvalue weighted by molar-refractivity contribution is 5.85. The molecule has 4 rings (SSSR count). The first-order valence-corrected chi connectivity index (χ1v) is 8.33. The van der Waals surface area contributed by atoms with Crippen LogP contribution in [0.5, 0.6) is 0 Å². The summed E-state index contributed by atoms with van der Waals surface area (Å²) in [6.07, 6.45) is 2.68. The quantitative estimate of drug-likeness (QED) is 0.785. The van der Waals surface area contributed by atoms with E-state index in [-0.39, 0.29) is 17.7 Å². The lowest BCUT2D eigenvalue weighted by molar-refractivity contribution is -0.143. The number of ether oxygens (including phenoxy) is 1. The maximum absolute atomic E-state index is 12.9. The number of amides is 2. The topological polar surface area (TPSA) is 67.7 Å². The van der Waals surface area contributed by atoms with Crippen molar-refractivity contribution in [3.8, 4) is 0 Å². The Labute approximate surface area is 135 Å². The number of fused-ring (bicyclic) bond motifs is 1. The fourth-order valence-corrected chi connectivity index (χ4v) is 3.54. The summed E-state index contributed by atoms with van der Waals surface area (Å²) in [4.78, 5) is 29.2. The molecule has 2 amide bonds. The van der Waals surface area contributed by atoms with E-state index in [0.717, 1.165) is 12.1 Å². The molecular weight excluding hydrogens is 296 g/mol. The van der Waals surface area contributed by atoms with E-state index >= 15 is 0 Å². The molecule has 1 saturated heterocycles. The van der Waals surface area contributed by atoms with Crippen molar-refractivity contribution in [2.24, 2.45) is 11.8 Å². The molecular formula is C16H22N4O3. The third-order valence-corrected chi connectivity index (χ3v) is 5.14. The predicted molar refractivity (Wildman–Crippen MR) is 81.4 cm³/mol. The lowest BCUT2D eigenvalue weighted by atomic mass is 10.1. The van der Waals surface area contributed by atoms with Crippen molar-refractivity contribution in [3.63, 3.8) is 0 Å². The predicted octanol–water partition coefficient (Wildman–Crippen LogP) is 0.281. The molecule has 0 aromatic carbocycles. The smallest absolute Gasteiger partial charge is 0.249 e. The maximum atomic E-state index is 12.9. The second-order valence-corrected chi connectivity index (χ2v) is 6.76. The average Bonchev–Trinajstić information content (AvgIpc) is 3.12. The Hall–Kier alpha value is -1.89. The largest absolute Gasteiger partial charge is 0.378 e. The molecule has 1 aromatic heterocycles. The monoisotopic (exact) mass is 318 g/mol. The van der Waals surface area contributed by atoms with Crippen molar-refractivity contribution in [2.45, 2.75) is 25.9 Å². The lowest BCUT2D eigenvalue weighted by Gasteiger charge is -2.37. The molecule has 7 heteroatoms. The van der Waals surface area contributed by atoms with Gasteiger partial charge in [-0.3, -0.25) is 14.3 Å². The highest BCUT2D eigenvalue weighted by atomic mass is 16.5. The van der Waals surface area contributed by atoms with E-state index in [1.165, 1.54) is 0 Å². The van der Waals surface area contributed by atoms with Gasteiger partial charge in [-0.2, -0.15) is 5.10 Å². The van der Waals surface area contributed by atoms with Crippen LogP contribution in [0, 0.1) is 11.8 Å².